The Balaban J connectivity index is 0.000001000. The van der Waals surface area contributed by atoms with E-state index in [0.29, 0.717) is 0 Å². The van der Waals surface area contributed by atoms with Crippen molar-refractivity contribution in [2.75, 3.05) is 6.61 Å². The maximum absolute atomic E-state index is 5.51. The van der Waals surface area contributed by atoms with Crippen LogP contribution in [0.5, 0.6) is 0 Å². The van der Waals surface area contributed by atoms with Crippen LogP contribution in [0.15, 0.2) is 12.7 Å². The molecule has 11 heavy (non-hydrogen) atoms. The number of rotatable bonds is 3. The molecule has 1 aliphatic heterocycles. The van der Waals surface area contributed by atoms with Crippen molar-refractivity contribution in [2.24, 2.45) is 0 Å². The predicted octanol–water partition coefficient (Wildman–Crippen LogP) is 1.45. The molecular formula is C8H15OPtSi-. The Hall–Kier alpha value is 0.605. The zero-order valence-corrected chi connectivity index (χ0v) is 10.4. The van der Waals surface area contributed by atoms with Gasteiger partial charge in [-0.05, 0) is 6.42 Å². The first kappa shape index (κ1) is 11.6. The van der Waals surface area contributed by atoms with Crippen molar-refractivity contribution < 1.29 is 25.8 Å². The fourth-order valence-electron chi connectivity index (χ4n) is 1.17. The Morgan fingerprint density at radius 2 is 2.36 bits per heavy atom. The SMILES string of the molecule is C=CC[SiH2][C-]1CCCCO1.[Pt]. The van der Waals surface area contributed by atoms with Gasteiger partial charge in [-0.1, -0.05) is 28.1 Å². The maximum atomic E-state index is 5.51. The van der Waals surface area contributed by atoms with Gasteiger partial charge in [-0.2, -0.15) is 6.42 Å². The normalized spacial score (nSPS) is 20.0. The average molecular weight is 350 g/mol. The zero-order valence-electron chi connectivity index (χ0n) is 6.75. The van der Waals surface area contributed by atoms with Gasteiger partial charge in [-0.3, -0.25) is 0 Å². The second-order valence-corrected chi connectivity index (χ2v) is 4.54. The topological polar surface area (TPSA) is 9.23 Å². The largest absolute Gasteiger partial charge is 0.551 e. The molecule has 0 N–H and O–H groups in total. The van der Waals surface area contributed by atoms with Gasteiger partial charge in [0, 0.05) is 27.7 Å². The monoisotopic (exact) mass is 350 g/mol. The van der Waals surface area contributed by atoms with Crippen LogP contribution >= 0.6 is 0 Å². The predicted molar refractivity (Wildman–Crippen MR) is 46.6 cm³/mol. The van der Waals surface area contributed by atoms with Crippen LogP contribution in [-0.4, -0.2) is 16.1 Å². The first-order valence-electron chi connectivity index (χ1n) is 4.02. The molecule has 0 atom stereocenters. The van der Waals surface area contributed by atoms with Crippen LogP contribution < -0.4 is 0 Å². The molecule has 1 rings (SSSR count). The Kier molecular flexibility index (Phi) is 7.66. The van der Waals surface area contributed by atoms with Crippen molar-refractivity contribution in [1.82, 2.24) is 0 Å². The number of hydrogen-bond donors (Lipinski definition) is 0. The van der Waals surface area contributed by atoms with Crippen LogP contribution in [0.1, 0.15) is 19.3 Å². The second-order valence-electron chi connectivity index (χ2n) is 2.67. The summed E-state index contributed by atoms with van der Waals surface area (Å²) >= 11 is 0. The molecule has 68 valence electrons. The molecule has 1 fully saturated rings. The van der Waals surface area contributed by atoms with Gasteiger partial charge in [-0.25, -0.2) is 5.73 Å². The van der Waals surface area contributed by atoms with Crippen molar-refractivity contribution in [1.29, 1.82) is 0 Å². The Labute approximate surface area is 85.7 Å². The van der Waals surface area contributed by atoms with Gasteiger partial charge < -0.3 is 4.74 Å². The summed E-state index contributed by atoms with van der Waals surface area (Å²) < 4.78 is 5.51. The van der Waals surface area contributed by atoms with E-state index >= 15 is 0 Å². The fourth-order valence-corrected chi connectivity index (χ4v) is 2.49. The number of allylic oxidation sites excluding steroid dienone is 1. The van der Waals surface area contributed by atoms with Crippen LogP contribution in [0.3, 0.4) is 0 Å². The third kappa shape index (κ3) is 4.94. The molecule has 0 amide bonds. The Morgan fingerprint density at radius 1 is 1.55 bits per heavy atom. The van der Waals surface area contributed by atoms with Gasteiger partial charge in [0.2, 0.25) is 0 Å². The average Bonchev–Trinajstić information content (AvgIpc) is 2.03. The first-order valence-corrected chi connectivity index (χ1v) is 5.72. The summed E-state index contributed by atoms with van der Waals surface area (Å²) in [5, 5.41) is 0. The fraction of sp³-hybridized carbons (Fsp3) is 0.625. The molecule has 0 aromatic carbocycles. The molecule has 0 aliphatic carbocycles. The standard InChI is InChI=1S/C8H15OSi.Pt/c1-2-7-10-8-5-3-4-6-9-8;/h2H,1,3-7,10H2;/q-1;. The van der Waals surface area contributed by atoms with E-state index in [2.05, 4.69) is 6.58 Å². The second kappa shape index (κ2) is 7.26. The van der Waals surface area contributed by atoms with Gasteiger partial charge in [0.05, 0.1) is 0 Å². The van der Waals surface area contributed by atoms with Gasteiger partial charge in [0.15, 0.2) is 0 Å². The van der Waals surface area contributed by atoms with Crippen LogP contribution in [0.4, 0.5) is 0 Å². The molecule has 0 radical (unpaired) electrons. The quantitative estimate of drug-likeness (QED) is 0.425. The number of hydrogen-bond acceptors (Lipinski definition) is 1. The molecule has 0 unspecified atom stereocenters. The first-order chi connectivity index (χ1) is 4.93. The molecular weight excluding hydrogens is 335 g/mol. The van der Waals surface area contributed by atoms with Crippen LogP contribution in [-0.2, 0) is 25.8 Å². The van der Waals surface area contributed by atoms with Crippen molar-refractivity contribution in [3.05, 3.63) is 18.4 Å². The molecule has 1 heterocycles. The summed E-state index contributed by atoms with van der Waals surface area (Å²) in [5.41, 5.74) is 1.42. The van der Waals surface area contributed by atoms with E-state index in [1.807, 2.05) is 6.08 Å². The number of ether oxygens (including phenoxy) is 1. The summed E-state index contributed by atoms with van der Waals surface area (Å²) in [7, 11) is -0.0581. The van der Waals surface area contributed by atoms with Gasteiger partial charge in [-0.15, -0.1) is 6.58 Å². The van der Waals surface area contributed by atoms with Crippen molar-refractivity contribution in [2.45, 2.75) is 25.3 Å². The third-order valence-corrected chi connectivity index (χ3v) is 3.60. The van der Waals surface area contributed by atoms with E-state index in [4.69, 9.17) is 4.74 Å². The minimum Gasteiger partial charge on any atom is -0.551 e. The Bertz CT molecular complexity index is 102. The van der Waals surface area contributed by atoms with Gasteiger partial charge in [0.1, 0.15) is 0 Å². The smallest absolute Gasteiger partial charge is 0.0111 e. The van der Waals surface area contributed by atoms with E-state index in [1.165, 1.54) is 31.0 Å². The summed E-state index contributed by atoms with van der Waals surface area (Å²) in [5.74, 6) is 0. The molecule has 0 saturated carbocycles. The minimum atomic E-state index is -0.0581. The molecule has 1 saturated heterocycles. The van der Waals surface area contributed by atoms with E-state index in [-0.39, 0.29) is 30.6 Å². The summed E-state index contributed by atoms with van der Waals surface area (Å²) in [6, 6.07) is 1.20. The molecule has 1 aliphatic rings. The van der Waals surface area contributed by atoms with Crippen LogP contribution in [0, 0.1) is 5.73 Å². The summed E-state index contributed by atoms with van der Waals surface area (Å²) in [6.45, 7) is 4.68. The van der Waals surface area contributed by atoms with Crippen molar-refractivity contribution in [3.63, 3.8) is 0 Å². The summed E-state index contributed by atoms with van der Waals surface area (Å²) in [4.78, 5) is 0. The van der Waals surface area contributed by atoms with Crippen molar-refractivity contribution >= 4 is 9.52 Å². The molecule has 0 bridgehead atoms. The third-order valence-electron chi connectivity index (χ3n) is 1.78. The van der Waals surface area contributed by atoms with Crippen molar-refractivity contribution in [3.8, 4) is 0 Å². The molecule has 3 heteroatoms. The van der Waals surface area contributed by atoms with E-state index in [9.17, 15) is 0 Å². The van der Waals surface area contributed by atoms with Gasteiger partial charge >= 0.3 is 0 Å². The minimum absolute atomic E-state index is 0. The van der Waals surface area contributed by atoms with Crippen LogP contribution in [0.2, 0.25) is 6.04 Å². The zero-order chi connectivity index (χ0) is 7.23. The molecule has 0 aromatic heterocycles. The molecule has 0 aromatic rings. The van der Waals surface area contributed by atoms with Crippen LogP contribution in [0.25, 0.3) is 0 Å². The van der Waals surface area contributed by atoms with E-state index in [1.54, 1.807) is 0 Å². The Morgan fingerprint density at radius 3 is 2.91 bits per heavy atom. The molecule has 1 nitrogen and oxygen atoms in total. The van der Waals surface area contributed by atoms with E-state index in [0.717, 1.165) is 6.61 Å². The molecule has 0 spiro atoms. The van der Waals surface area contributed by atoms with E-state index < -0.39 is 0 Å². The van der Waals surface area contributed by atoms with Gasteiger partial charge in [0.25, 0.3) is 0 Å². The maximum Gasteiger partial charge on any atom is 0.0111 e. The summed E-state index contributed by atoms with van der Waals surface area (Å²) in [6.07, 6.45) is 5.85.